The minimum atomic E-state index is -4.76. The van der Waals surface area contributed by atoms with E-state index in [-0.39, 0.29) is 6.54 Å². The van der Waals surface area contributed by atoms with E-state index in [1.807, 2.05) is 18.4 Å². The Morgan fingerprint density at radius 3 is 2.53 bits per heavy atom. The number of halogens is 3. The van der Waals surface area contributed by atoms with Crippen molar-refractivity contribution < 1.29 is 18.0 Å². The molecule has 0 bridgehead atoms. The van der Waals surface area contributed by atoms with E-state index < -0.39 is 17.6 Å². The second-order valence-electron chi connectivity index (χ2n) is 3.91. The van der Waals surface area contributed by atoms with Gasteiger partial charge in [0, 0.05) is 4.88 Å². The third-order valence-corrected chi connectivity index (χ3v) is 3.46. The van der Waals surface area contributed by atoms with E-state index >= 15 is 0 Å². The van der Waals surface area contributed by atoms with E-state index in [2.05, 4.69) is 5.32 Å². The fourth-order valence-corrected chi connectivity index (χ4v) is 1.90. The number of thiophene rings is 1. The van der Waals surface area contributed by atoms with Gasteiger partial charge < -0.3 is 11.1 Å². The molecule has 1 unspecified atom stereocenters. The molecule has 1 rings (SSSR count). The van der Waals surface area contributed by atoms with Gasteiger partial charge in [0.2, 0.25) is 5.91 Å². The third kappa shape index (κ3) is 2.98. The van der Waals surface area contributed by atoms with Crippen LogP contribution in [0.2, 0.25) is 0 Å². The molecule has 0 radical (unpaired) electrons. The Balaban J connectivity index is 2.65. The summed E-state index contributed by atoms with van der Waals surface area (Å²) in [6.45, 7) is 2.54. The Kier molecular flexibility index (Phi) is 3.83. The lowest BCUT2D eigenvalue weighted by Crippen LogP contribution is -2.61. The Bertz CT molecular complexity index is 412. The van der Waals surface area contributed by atoms with Crippen LogP contribution in [-0.2, 0) is 11.3 Å². The number of carbonyl (C=O) groups excluding carboxylic acids is 1. The minimum Gasteiger partial charge on any atom is -0.349 e. The highest BCUT2D eigenvalue weighted by atomic mass is 32.1. The molecule has 3 N–H and O–H groups in total. The second kappa shape index (κ2) is 4.66. The average molecular weight is 266 g/mol. The summed E-state index contributed by atoms with van der Waals surface area (Å²) in [4.78, 5) is 12.2. The number of hydrogen-bond donors (Lipinski definition) is 2. The van der Waals surface area contributed by atoms with E-state index in [4.69, 9.17) is 5.73 Å². The molecule has 0 aliphatic rings. The van der Waals surface area contributed by atoms with Gasteiger partial charge in [-0.15, -0.1) is 11.3 Å². The van der Waals surface area contributed by atoms with Crippen LogP contribution in [0.25, 0.3) is 0 Å². The van der Waals surface area contributed by atoms with Gasteiger partial charge in [0.1, 0.15) is 0 Å². The number of nitrogens with two attached hydrogens (primary N) is 1. The van der Waals surface area contributed by atoms with E-state index in [0.717, 1.165) is 10.4 Å². The number of aryl methyl sites for hydroxylation is 1. The highest BCUT2D eigenvalue weighted by Gasteiger charge is 2.53. The van der Waals surface area contributed by atoms with Gasteiger partial charge in [-0.3, -0.25) is 4.79 Å². The van der Waals surface area contributed by atoms with Crippen LogP contribution in [0.3, 0.4) is 0 Å². The number of hydrogen-bond acceptors (Lipinski definition) is 3. The molecule has 0 fully saturated rings. The fraction of sp³-hybridized carbons (Fsp3) is 0.500. The van der Waals surface area contributed by atoms with Crippen molar-refractivity contribution in [2.75, 3.05) is 0 Å². The minimum absolute atomic E-state index is 0.0607. The van der Waals surface area contributed by atoms with Gasteiger partial charge in [-0.25, -0.2) is 0 Å². The van der Waals surface area contributed by atoms with Crippen molar-refractivity contribution in [1.29, 1.82) is 0 Å². The summed E-state index contributed by atoms with van der Waals surface area (Å²) in [6, 6.07) is 1.83. The molecular formula is C10H13F3N2OS. The first-order valence-electron chi connectivity index (χ1n) is 4.83. The molecule has 3 nitrogen and oxygen atoms in total. The van der Waals surface area contributed by atoms with Crippen LogP contribution in [0.4, 0.5) is 13.2 Å². The van der Waals surface area contributed by atoms with Gasteiger partial charge in [-0.05, 0) is 30.9 Å². The van der Waals surface area contributed by atoms with E-state index in [1.54, 1.807) is 0 Å². The maximum absolute atomic E-state index is 12.4. The standard InChI is InChI=1S/C10H13F3N2OS/c1-6-3-4-17-7(6)5-15-8(16)9(2,14)10(11,12)13/h3-4H,5,14H2,1-2H3,(H,15,16). The van der Waals surface area contributed by atoms with Gasteiger partial charge >= 0.3 is 6.18 Å². The monoisotopic (exact) mass is 266 g/mol. The number of carbonyl (C=O) groups is 1. The van der Waals surface area contributed by atoms with Crippen LogP contribution in [0.1, 0.15) is 17.4 Å². The van der Waals surface area contributed by atoms with Gasteiger partial charge in [-0.2, -0.15) is 13.2 Å². The molecule has 1 atom stereocenters. The smallest absolute Gasteiger partial charge is 0.349 e. The van der Waals surface area contributed by atoms with Crippen molar-refractivity contribution in [2.45, 2.75) is 32.1 Å². The molecule has 0 saturated heterocycles. The fourth-order valence-electron chi connectivity index (χ4n) is 1.06. The van der Waals surface area contributed by atoms with Crippen molar-refractivity contribution in [1.82, 2.24) is 5.32 Å². The second-order valence-corrected chi connectivity index (χ2v) is 4.91. The molecule has 7 heteroatoms. The molecule has 96 valence electrons. The summed E-state index contributed by atoms with van der Waals surface area (Å²) in [5, 5.41) is 4.01. The number of amides is 1. The van der Waals surface area contributed by atoms with Gasteiger partial charge in [-0.1, -0.05) is 0 Å². The number of rotatable bonds is 3. The predicted molar refractivity (Wildman–Crippen MR) is 59.6 cm³/mol. The Labute approximate surface area is 101 Å². The first-order valence-corrected chi connectivity index (χ1v) is 5.71. The van der Waals surface area contributed by atoms with Crippen LogP contribution in [-0.4, -0.2) is 17.6 Å². The zero-order valence-corrected chi connectivity index (χ0v) is 10.2. The van der Waals surface area contributed by atoms with Gasteiger partial charge in [0.25, 0.3) is 0 Å². The summed E-state index contributed by atoms with van der Waals surface area (Å²) >= 11 is 1.37. The molecule has 17 heavy (non-hydrogen) atoms. The molecule has 0 aliphatic carbocycles. The first kappa shape index (κ1) is 14.0. The topological polar surface area (TPSA) is 55.1 Å². The lowest BCUT2D eigenvalue weighted by Gasteiger charge is -2.26. The molecule has 1 heterocycles. The van der Waals surface area contributed by atoms with Crippen molar-refractivity contribution in [2.24, 2.45) is 5.73 Å². The predicted octanol–water partition coefficient (Wildman–Crippen LogP) is 1.95. The van der Waals surface area contributed by atoms with Crippen molar-refractivity contribution >= 4 is 17.2 Å². The first-order chi connectivity index (χ1) is 7.66. The highest BCUT2D eigenvalue weighted by molar-refractivity contribution is 7.10. The lowest BCUT2D eigenvalue weighted by atomic mass is 10.0. The number of nitrogens with one attached hydrogen (secondary N) is 1. The lowest BCUT2D eigenvalue weighted by molar-refractivity contribution is -0.187. The zero-order chi connectivity index (χ0) is 13.3. The summed E-state index contributed by atoms with van der Waals surface area (Å²) in [7, 11) is 0. The van der Waals surface area contributed by atoms with Crippen LogP contribution in [0.15, 0.2) is 11.4 Å². The van der Waals surface area contributed by atoms with Crippen LogP contribution in [0, 0.1) is 6.92 Å². The van der Waals surface area contributed by atoms with E-state index in [0.29, 0.717) is 6.92 Å². The van der Waals surface area contributed by atoms with Gasteiger partial charge in [0.05, 0.1) is 6.54 Å². The maximum Gasteiger partial charge on any atom is 0.415 e. The number of alkyl halides is 3. The molecule has 0 aromatic carbocycles. The van der Waals surface area contributed by atoms with Crippen LogP contribution < -0.4 is 11.1 Å². The molecule has 1 amide bonds. The Morgan fingerprint density at radius 1 is 1.53 bits per heavy atom. The maximum atomic E-state index is 12.4. The Hall–Kier alpha value is -1.08. The normalized spacial score (nSPS) is 15.4. The summed E-state index contributed by atoms with van der Waals surface area (Å²) in [5.74, 6) is -1.22. The molecule has 0 aliphatic heterocycles. The molecule has 0 spiro atoms. The summed E-state index contributed by atoms with van der Waals surface area (Å²) in [6.07, 6.45) is -4.76. The highest BCUT2D eigenvalue weighted by Crippen LogP contribution is 2.28. The average Bonchev–Trinajstić information content (AvgIpc) is 2.58. The summed E-state index contributed by atoms with van der Waals surface area (Å²) < 4.78 is 37.3. The molecule has 0 saturated carbocycles. The molecule has 1 aromatic rings. The summed E-state index contributed by atoms with van der Waals surface area (Å²) in [5.41, 5.74) is 3.05. The van der Waals surface area contributed by atoms with Crippen LogP contribution in [0.5, 0.6) is 0 Å². The third-order valence-electron chi connectivity index (χ3n) is 2.44. The molecule has 1 aromatic heterocycles. The van der Waals surface area contributed by atoms with Gasteiger partial charge in [0.15, 0.2) is 5.54 Å². The van der Waals surface area contributed by atoms with Crippen LogP contribution >= 0.6 is 11.3 Å². The van der Waals surface area contributed by atoms with Crippen molar-refractivity contribution in [3.63, 3.8) is 0 Å². The zero-order valence-electron chi connectivity index (χ0n) is 9.39. The Morgan fingerprint density at radius 2 is 2.12 bits per heavy atom. The quantitative estimate of drug-likeness (QED) is 0.878. The SMILES string of the molecule is Cc1ccsc1CNC(=O)C(C)(N)C(F)(F)F. The largest absolute Gasteiger partial charge is 0.415 e. The van der Waals surface area contributed by atoms with Crippen molar-refractivity contribution in [3.05, 3.63) is 21.9 Å². The molecular weight excluding hydrogens is 253 g/mol. The van der Waals surface area contributed by atoms with Crippen molar-refractivity contribution in [3.8, 4) is 0 Å². The van der Waals surface area contributed by atoms with E-state index in [1.165, 1.54) is 11.3 Å². The van der Waals surface area contributed by atoms with E-state index in [9.17, 15) is 18.0 Å².